The monoisotopic (exact) mass is 1100 g/mol. The van der Waals surface area contributed by atoms with E-state index in [1.165, 1.54) is 18.5 Å². The van der Waals surface area contributed by atoms with Crippen LogP contribution in [0.25, 0.3) is 33.8 Å². The predicted molar refractivity (Wildman–Crippen MR) is 289 cm³/mol. The maximum absolute atomic E-state index is 14.0. The molecule has 0 aliphatic carbocycles. The second-order valence-corrected chi connectivity index (χ2v) is 19.2. The number of carbonyl (C=O) groups is 3. The van der Waals surface area contributed by atoms with Gasteiger partial charge in [0.05, 0.1) is 36.6 Å². The Hall–Kier alpha value is -8.72. The molecule has 0 fully saturated rings. The Balaban J connectivity index is 0.000000131. The van der Waals surface area contributed by atoms with Crippen molar-refractivity contribution in [3.8, 4) is 33.8 Å². The molecule has 3 aromatic carbocycles. The van der Waals surface area contributed by atoms with Crippen LogP contribution >= 0.6 is 34.8 Å². The summed E-state index contributed by atoms with van der Waals surface area (Å²) in [4.78, 5) is 54.4. The van der Waals surface area contributed by atoms with Crippen LogP contribution < -0.4 is 16.0 Å². The molecule has 0 saturated carbocycles. The lowest BCUT2D eigenvalue weighted by Gasteiger charge is -2.27. The molecule has 0 bridgehead atoms. The minimum absolute atomic E-state index is 0.147. The first-order chi connectivity index (χ1) is 37.4. The number of hydrogen-bond donors (Lipinski definition) is 6. The van der Waals surface area contributed by atoms with E-state index in [1.54, 1.807) is 106 Å². The maximum atomic E-state index is 14.0. The van der Waals surface area contributed by atoms with Crippen molar-refractivity contribution in [2.75, 3.05) is 35.6 Å². The molecular formula is C54H46Cl3F2N15O3. The van der Waals surface area contributed by atoms with Crippen molar-refractivity contribution >= 4 is 70.0 Å². The number of urea groups is 3. The summed E-state index contributed by atoms with van der Waals surface area (Å²) in [6.07, 6.45) is 8.37. The summed E-state index contributed by atoms with van der Waals surface area (Å²) < 4.78 is 27.1. The van der Waals surface area contributed by atoms with Gasteiger partial charge in [0, 0.05) is 141 Å². The molecule has 0 radical (unpaired) electrons. The van der Waals surface area contributed by atoms with Gasteiger partial charge in [-0.25, -0.2) is 24.4 Å². The first-order valence-corrected chi connectivity index (χ1v) is 25.3. The molecule has 9 aromatic rings. The van der Waals surface area contributed by atoms with Gasteiger partial charge in [0.1, 0.15) is 5.69 Å². The Morgan fingerprint density at radius 3 is 1.35 bits per heavy atom. The van der Waals surface area contributed by atoms with E-state index in [0.717, 1.165) is 51.5 Å². The van der Waals surface area contributed by atoms with Crippen molar-refractivity contribution in [1.82, 2.24) is 60.2 Å². The van der Waals surface area contributed by atoms with Crippen molar-refractivity contribution < 1.29 is 23.2 Å². The number of nitrogens with zero attached hydrogens (tertiary/aromatic N) is 9. The second kappa shape index (κ2) is 23.4. The number of rotatable bonds is 6. The third-order valence-corrected chi connectivity index (χ3v) is 13.5. The number of aromatic amines is 3. The SMILES string of the molecule is O=C(Nc1cccc(Cl)c1)N1CCc2[nH]nc(-c3ccc(F)nc3)c2C1.O=C(Nc1cccc(Cl)c1)N1CCc2[nH]nc(-c3cccnc3)c2C1.O=C(Nc1cccc(Cl)c1)N1CCc2[nH]nc(-c3cccnc3F)c2C1. The fourth-order valence-electron chi connectivity index (χ4n) is 8.99. The standard InChI is InChI=1S/2C18H15ClFN5O.C18H16ClN5O/c19-11-3-1-4-12(9-11)22-18(26)25-8-6-15-14(10-25)16(24-23-15)13-5-2-7-21-17(13)20;19-12-2-1-3-13(8-12)22-18(26)25-7-6-15-14(10-25)17(24-23-15)11-4-5-16(20)21-9-11;19-13-4-1-5-14(9-13)21-18(25)24-8-6-16-15(11-24)17(23-22-16)12-3-2-7-20-10-12/h1-5,7,9H,6,8,10H2,(H,22,26)(H,23,24);1-5,8-9H,6-7,10H2,(H,22,26)(H,23,24);1-5,7,9-10H,6,8,11H2,(H,21,25)(H,22,23). The molecule has 0 spiro atoms. The quantitative estimate of drug-likeness (QED) is 0.0871. The fourth-order valence-corrected chi connectivity index (χ4v) is 9.56. The number of fused-ring (bicyclic) bond motifs is 3. The molecule has 6 aromatic heterocycles. The smallest absolute Gasteiger partial charge is 0.320 e. The van der Waals surface area contributed by atoms with Gasteiger partial charge in [-0.3, -0.25) is 20.3 Å². The van der Waals surface area contributed by atoms with Crippen LogP contribution in [0.5, 0.6) is 0 Å². The van der Waals surface area contributed by atoms with Gasteiger partial charge in [-0.1, -0.05) is 53.0 Å². The molecular weight excluding hydrogens is 1050 g/mol. The molecule has 12 rings (SSSR count). The molecule has 3 aliphatic rings. The fraction of sp³-hybridized carbons (Fsp3) is 0.167. The third kappa shape index (κ3) is 12.4. The van der Waals surface area contributed by atoms with Crippen LogP contribution in [0, 0.1) is 11.9 Å². The topological polar surface area (TPSA) is 222 Å². The van der Waals surface area contributed by atoms with Gasteiger partial charge in [-0.05, 0) is 91.0 Å². The number of pyridine rings is 3. The number of amides is 6. The molecule has 390 valence electrons. The third-order valence-electron chi connectivity index (χ3n) is 12.8. The van der Waals surface area contributed by atoms with Crippen molar-refractivity contribution in [2.24, 2.45) is 0 Å². The zero-order chi connectivity index (χ0) is 53.4. The van der Waals surface area contributed by atoms with Crippen LogP contribution in [0.3, 0.4) is 0 Å². The van der Waals surface area contributed by atoms with E-state index in [2.05, 4.69) is 61.5 Å². The van der Waals surface area contributed by atoms with Gasteiger partial charge >= 0.3 is 18.1 Å². The molecule has 18 nitrogen and oxygen atoms in total. The summed E-state index contributed by atoms with van der Waals surface area (Å²) in [6.45, 7) is 2.99. The average Bonchev–Trinajstić information content (AvgIpc) is 4.24. The van der Waals surface area contributed by atoms with Gasteiger partial charge in [0.15, 0.2) is 0 Å². The highest BCUT2D eigenvalue weighted by Gasteiger charge is 2.29. The van der Waals surface area contributed by atoms with E-state index in [-0.39, 0.29) is 18.1 Å². The van der Waals surface area contributed by atoms with Crippen LogP contribution in [0.4, 0.5) is 40.2 Å². The van der Waals surface area contributed by atoms with E-state index >= 15 is 0 Å². The van der Waals surface area contributed by atoms with Gasteiger partial charge < -0.3 is 30.7 Å². The second-order valence-electron chi connectivity index (χ2n) is 17.9. The van der Waals surface area contributed by atoms with Gasteiger partial charge in [0.2, 0.25) is 11.9 Å². The van der Waals surface area contributed by atoms with Crippen molar-refractivity contribution in [2.45, 2.75) is 38.9 Å². The van der Waals surface area contributed by atoms with Crippen LogP contribution in [-0.2, 0) is 38.9 Å². The van der Waals surface area contributed by atoms with Crippen molar-refractivity contribution in [3.63, 3.8) is 0 Å². The Bertz CT molecular complexity index is 3580. The molecule has 0 atom stereocenters. The van der Waals surface area contributed by atoms with Crippen LogP contribution in [0.15, 0.2) is 134 Å². The van der Waals surface area contributed by atoms with Crippen LogP contribution in [-0.4, -0.2) is 98.0 Å². The largest absolute Gasteiger partial charge is 0.322 e. The van der Waals surface area contributed by atoms with E-state index in [4.69, 9.17) is 34.8 Å². The normalized spacial score (nSPS) is 13.4. The molecule has 23 heteroatoms. The number of halogens is 5. The minimum Gasteiger partial charge on any atom is -0.320 e. The lowest BCUT2D eigenvalue weighted by atomic mass is 10.0. The Morgan fingerprint density at radius 1 is 0.494 bits per heavy atom. The zero-order valence-electron chi connectivity index (χ0n) is 40.7. The van der Waals surface area contributed by atoms with Gasteiger partial charge in [-0.2, -0.15) is 24.1 Å². The highest BCUT2D eigenvalue weighted by Crippen LogP contribution is 2.32. The van der Waals surface area contributed by atoms with Crippen molar-refractivity contribution in [3.05, 3.63) is 195 Å². The lowest BCUT2D eigenvalue weighted by molar-refractivity contribution is 0.205. The number of H-pyrrole nitrogens is 3. The maximum Gasteiger partial charge on any atom is 0.322 e. The summed E-state index contributed by atoms with van der Waals surface area (Å²) in [5.74, 6) is -1.12. The lowest BCUT2D eigenvalue weighted by Crippen LogP contribution is -2.38. The number of aromatic nitrogens is 9. The number of hydrogen-bond acceptors (Lipinski definition) is 9. The van der Waals surface area contributed by atoms with Gasteiger partial charge in [0.25, 0.3) is 0 Å². The number of nitrogens with one attached hydrogen (secondary N) is 6. The molecule has 77 heavy (non-hydrogen) atoms. The predicted octanol–water partition coefficient (Wildman–Crippen LogP) is 11.4. The van der Waals surface area contributed by atoms with Crippen LogP contribution in [0.2, 0.25) is 15.1 Å². The molecule has 3 aliphatic heterocycles. The van der Waals surface area contributed by atoms with Crippen LogP contribution in [0.1, 0.15) is 33.8 Å². The average molecular weight is 1100 g/mol. The molecule has 0 saturated heterocycles. The summed E-state index contributed by atoms with van der Waals surface area (Å²) in [5.41, 5.74) is 11.7. The van der Waals surface area contributed by atoms with E-state index < -0.39 is 11.9 Å². The first-order valence-electron chi connectivity index (χ1n) is 24.2. The van der Waals surface area contributed by atoms with Crippen molar-refractivity contribution in [1.29, 1.82) is 0 Å². The van der Waals surface area contributed by atoms with E-state index in [0.29, 0.717) is 107 Å². The number of anilines is 3. The molecule has 6 amide bonds. The van der Waals surface area contributed by atoms with E-state index in [1.807, 2.05) is 24.3 Å². The van der Waals surface area contributed by atoms with E-state index in [9.17, 15) is 23.2 Å². The Morgan fingerprint density at radius 2 is 0.935 bits per heavy atom. The summed E-state index contributed by atoms with van der Waals surface area (Å²) >= 11 is 17.9. The highest BCUT2D eigenvalue weighted by molar-refractivity contribution is 6.31. The Labute approximate surface area is 454 Å². The van der Waals surface area contributed by atoms with Gasteiger partial charge in [-0.15, -0.1) is 0 Å². The number of benzene rings is 3. The Kier molecular flexibility index (Phi) is 15.8. The molecule has 0 unspecified atom stereocenters. The minimum atomic E-state index is -0.581. The highest BCUT2D eigenvalue weighted by atomic mass is 35.5. The number of carbonyl (C=O) groups excluding carboxylic acids is 3. The molecule has 9 heterocycles. The summed E-state index contributed by atoms with van der Waals surface area (Å²) in [7, 11) is 0. The summed E-state index contributed by atoms with van der Waals surface area (Å²) in [5, 5.41) is 32.3. The first kappa shape index (κ1) is 51.8. The molecule has 6 N–H and O–H groups in total. The zero-order valence-corrected chi connectivity index (χ0v) is 43.0. The summed E-state index contributed by atoms with van der Waals surface area (Å²) in [6, 6.07) is 30.6.